The minimum atomic E-state index is -0.264. The molecule has 0 aliphatic heterocycles. The largest absolute Gasteiger partial charge is 0.399 e. The lowest BCUT2D eigenvalue weighted by atomic mass is 10.2. The number of hydrogen-bond donors (Lipinski definition) is 3. The van der Waals surface area contributed by atoms with Gasteiger partial charge in [0, 0.05) is 22.9 Å². The van der Waals surface area contributed by atoms with Crippen LogP contribution < -0.4 is 16.4 Å². The van der Waals surface area contributed by atoms with Crippen molar-refractivity contribution in [3.05, 3.63) is 59.1 Å². The smallest absolute Gasteiger partial charge is 0.319 e. The van der Waals surface area contributed by atoms with Crippen LogP contribution in [0.25, 0.3) is 0 Å². The second-order valence-corrected chi connectivity index (χ2v) is 4.49. The summed E-state index contributed by atoms with van der Waals surface area (Å²) in [6.07, 6.45) is 0. The molecule has 5 heteroatoms. The molecule has 0 aromatic heterocycles. The first kappa shape index (κ1) is 13.2. The number of anilines is 2. The van der Waals surface area contributed by atoms with E-state index in [1.54, 1.807) is 36.4 Å². The van der Waals surface area contributed by atoms with Gasteiger partial charge >= 0.3 is 6.03 Å². The predicted octanol–water partition coefficient (Wildman–Crippen LogP) is 3.24. The Kier molecular flexibility index (Phi) is 4.26. The fourth-order valence-corrected chi connectivity index (χ4v) is 1.65. The fraction of sp³-hybridized carbons (Fsp3) is 0.0714. The lowest BCUT2D eigenvalue weighted by Gasteiger charge is -2.08. The molecule has 0 spiro atoms. The minimum absolute atomic E-state index is 0.264. The molecule has 0 atom stereocenters. The third kappa shape index (κ3) is 4.19. The Morgan fingerprint density at radius 2 is 1.68 bits per heavy atom. The van der Waals surface area contributed by atoms with Crippen molar-refractivity contribution in [1.29, 1.82) is 0 Å². The van der Waals surface area contributed by atoms with Gasteiger partial charge in [0.25, 0.3) is 0 Å². The molecule has 98 valence electrons. The van der Waals surface area contributed by atoms with Crippen molar-refractivity contribution in [2.45, 2.75) is 6.54 Å². The Balaban J connectivity index is 1.84. The van der Waals surface area contributed by atoms with E-state index >= 15 is 0 Å². The molecule has 0 heterocycles. The van der Waals surface area contributed by atoms with Crippen molar-refractivity contribution in [2.75, 3.05) is 11.1 Å². The second-order valence-electron chi connectivity index (χ2n) is 4.06. The highest BCUT2D eigenvalue weighted by molar-refractivity contribution is 6.30. The van der Waals surface area contributed by atoms with Crippen LogP contribution >= 0.6 is 11.6 Å². The van der Waals surface area contributed by atoms with E-state index in [1.807, 2.05) is 12.1 Å². The SMILES string of the molecule is Nc1ccc(NC(=O)NCc2ccc(Cl)cc2)cc1. The number of nitrogens with one attached hydrogen (secondary N) is 2. The molecule has 0 radical (unpaired) electrons. The van der Waals surface area contributed by atoms with Gasteiger partial charge in [0.15, 0.2) is 0 Å². The van der Waals surface area contributed by atoms with Crippen LogP contribution in [0.2, 0.25) is 5.02 Å². The first-order valence-electron chi connectivity index (χ1n) is 5.78. The molecule has 4 N–H and O–H groups in total. The van der Waals surface area contributed by atoms with Crippen LogP contribution in [-0.2, 0) is 6.54 Å². The zero-order chi connectivity index (χ0) is 13.7. The Hall–Kier alpha value is -2.20. The molecule has 2 amide bonds. The van der Waals surface area contributed by atoms with Gasteiger partial charge in [-0.1, -0.05) is 23.7 Å². The molecular weight excluding hydrogens is 262 g/mol. The van der Waals surface area contributed by atoms with Crippen LogP contribution in [0.3, 0.4) is 0 Å². The summed E-state index contributed by atoms with van der Waals surface area (Å²) in [7, 11) is 0. The topological polar surface area (TPSA) is 67.1 Å². The van der Waals surface area contributed by atoms with E-state index < -0.39 is 0 Å². The van der Waals surface area contributed by atoms with Gasteiger partial charge in [-0.15, -0.1) is 0 Å². The second kappa shape index (κ2) is 6.11. The average molecular weight is 276 g/mol. The fourth-order valence-electron chi connectivity index (χ4n) is 1.53. The Bertz CT molecular complexity index is 552. The van der Waals surface area contributed by atoms with E-state index in [9.17, 15) is 4.79 Å². The molecule has 0 aliphatic rings. The molecule has 0 aliphatic carbocycles. The lowest BCUT2D eigenvalue weighted by molar-refractivity contribution is 0.251. The summed E-state index contributed by atoms with van der Waals surface area (Å²) in [4.78, 5) is 11.7. The first-order chi connectivity index (χ1) is 9.13. The number of carbonyl (C=O) groups is 1. The maximum absolute atomic E-state index is 11.7. The van der Waals surface area contributed by atoms with E-state index in [4.69, 9.17) is 17.3 Å². The third-order valence-corrected chi connectivity index (χ3v) is 2.79. The van der Waals surface area contributed by atoms with E-state index in [0.29, 0.717) is 22.9 Å². The summed E-state index contributed by atoms with van der Waals surface area (Å²) in [6, 6.07) is 14.0. The zero-order valence-electron chi connectivity index (χ0n) is 10.2. The van der Waals surface area contributed by atoms with E-state index in [-0.39, 0.29) is 6.03 Å². The summed E-state index contributed by atoms with van der Waals surface area (Å²) in [5.74, 6) is 0. The molecule has 19 heavy (non-hydrogen) atoms. The quantitative estimate of drug-likeness (QED) is 0.753. The highest BCUT2D eigenvalue weighted by Crippen LogP contribution is 2.11. The molecule has 2 aromatic carbocycles. The number of nitrogen functional groups attached to an aromatic ring is 1. The lowest BCUT2D eigenvalue weighted by Crippen LogP contribution is -2.28. The van der Waals surface area contributed by atoms with Gasteiger partial charge in [-0.05, 0) is 42.0 Å². The Labute approximate surface area is 116 Å². The predicted molar refractivity (Wildman–Crippen MR) is 78.2 cm³/mol. The molecule has 4 nitrogen and oxygen atoms in total. The summed E-state index contributed by atoms with van der Waals surface area (Å²) in [6.45, 7) is 0.442. The number of amides is 2. The van der Waals surface area contributed by atoms with E-state index in [2.05, 4.69) is 10.6 Å². The first-order valence-corrected chi connectivity index (χ1v) is 6.16. The van der Waals surface area contributed by atoms with Gasteiger partial charge in [0.1, 0.15) is 0 Å². The highest BCUT2D eigenvalue weighted by atomic mass is 35.5. The van der Waals surface area contributed by atoms with Crippen molar-refractivity contribution in [2.24, 2.45) is 0 Å². The number of rotatable bonds is 3. The third-order valence-electron chi connectivity index (χ3n) is 2.53. The molecule has 0 fully saturated rings. The van der Waals surface area contributed by atoms with Gasteiger partial charge in [0.05, 0.1) is 0 Å². The monoisotopic (exact) mass is 275 g/mol. The van der Waals surface area contributed by atoms with Gasteiger partial charge < -0.3 is 16.4 Å². The van der Waals surface area contributed by atoms with Crippen molar-refractivity contribution in [1.82, 2.24) is 5.32 Å². The zero-order valence-corrected chi connectivity index (χ0v) is 10.9. The van der Waals surface area contributed by atoms with Gasteiger partial charge in [-0.25, -0.2) is 4.79 Å². The van der Waals surface area contributed by atoms with Crippen LogP contribution in [0.15, 0.2) is 48.5 Å². The molecule has 0 unspecified atom stereocenters. The normalized spacial score (nSPS) is 9.95. The van der Waals surface area contributed by atoms with E-state index in [0.717, 1.165) is 5.56 Å². The summed E-state index contributed by atoms with van der Waals surface area (Å²) in [5.41, 5.74) is 7.90. The Morgan fingerprint density at radius 1 is 1.05 bits per heavy atom. The summed E-state index contributed by atoms with van der Waals surface area (Å²) < 4.78 is 0. The summed E-state index contributed by atoms with van der Waals surface area (Å²) >= 11 is 5.78. The Morgan fingerprint density at radius 3 is 2.32 bits per heavy atom. The van der Waals surface area contributed by atoms with Crippen molar-refractivity contribution in [3.8, 4) is 0 Å². The van der Waals surface area contributed by atoms with Gasteiger partial charge in [0.2, 0.25) is 0 Å². The van der Waals surface area contributed by atoms with E-state index in [1.165, 1.54) is 0 Å². The number of hydrogen-bond acceptors (Lipinski definition) is 2. The van der Waals surface area contributed by atoms with Gasteiger partial charge in [-0.3, -0.25) is 0 Å². The molecule has 0 bridgehead atoms. The van der Waals surface area contributed by atoms with Crippen molar-refractivity contribution >= 4 is 29.0 Å². The van der Waals surface area contributed by atoms with Gasteiger partial charge in [-0.2, -0.15) is 0 Å². The van der Waals surface area contributed by atoms with Crippen LogP contribution in [0.1, 0.15) is 5.56 Å². The van der Waals surface area contributed by atoms with Crippen LogP contribution in [0.5, 0.6) is 0 Å². The number of nitrogens with two attached hydrogens (primary N) is 1. The number of carbonyl (C=O) groups excluding carboxylic acids is 1. The maximum Gasteiger partial charge on any atom is 0.319 e. The number of urea groups is 1. The summed E-state index contributed by atoms with van der Waals surface area (Å²) in [5, 5.41) is 6.15. The highest BCUT2D eigenvalue weighted by Gasteiger charge is 2.01. The standard InChI is InChI=1S/C14H14ClN3O/c15-11-3-1-10(2-4-11)9-17-14(19)18-13-7-5-12(16)6-8-13/h1-8H,9,16H2,(H2,17,18,19). The minimum Gasteiger partial charge on any atom is -0.399 e. The maximum atomic E-state index is 11.7. The van der Waals surface area contributed by atoms with Crippen LogP contribution in [0, 0.1) is 0 Å². The molecule has 0 saturated carbocycles. The average Bonchev–Trinajstić information content (AvgIpc) is 2.41. The van der Waals surface area contributed by atoms with Crippen LogP contribution in [0.4, 0.5) is 16.2 Å². The molecule has 0 saturated heterocycles. The van der Waals surface area contributed by atoms with Crippen molar-refractivity contribution < 1.29 is 4.79 Å². The van der Waals surface area contributed by atoms with Crippen molar-refractivity contribution in [3.63, 3.8) is 0 Å². The molecular formula is C14H14ClN3O. The number of benzene rings is 2. The molecule has 2 aromatic rings. The van der Waals surface area contributed by atoms with Crippen LogP contribution in [-0.4, -0.2) is 6.03 Å². The number of halogens is 1. The molecule has 2 rings (SSSR count).